The summed E-state index contributed by atoms with van der Waals surface area (Å²) in [5, 5.41) is 0. The van der Waals surface area contributed by atoms with Crippen molar-refractivity contribution in [2.45, 2.75) is 79.6 Å². The van der Waals surface area contributed by atoms with Gasteiger partial charge in [0.25, 0.3) is 0 Å². The molecule has 1 aromatic rings. The van der Waals surface area contributed by atoms with Crippen molar-refractivity contribution in [2.75, 3.05) is 0 Å². The largest absolute Gasteiger partial charge is 0.425 e. The minimum atomic E-state index is -0.739. The summed E-state index contributed by atoms with van der Waals surface area (Å²) in [4.78, 5) is 24.4. The van der Waals surface area contributed by atoms with Crippen LogP contribution in [0.1, 0.15) is 78.5 Å². The number of ether oxygens (including phenoxy) is 1. The highest BCUT2D eigenvalue weighted by Gasteiger charge is 2.31. The quantitative estimate of drug-likeness (QED) is 0.437. The SMILES string of the molecule is CCC(=O)[C@@H](C)C(=O)Oc1c(C(C)(C)C)cc(C)cc1C(C)(C)C. The van der Waals surface area contributed by atoms with Gasteiger partial charge in [0.2, 0.25) is 0 Å². The second-order valence-electron chi connectivity index (χ2n) is 8.65. The Morgan fingerprint density at radius 3 is 1.75 bits per heavy atom. The number of carbonyl (C=O) groups excluding carboxylic acids is 2. The zero-order valence-electron chi connectivity index (χ0n) is 16.7. The van der Waals surface area contributed by atoms with Crippen molar-refractivity contribution in [3.63, 3.8) is 0 Å². The number of aryl methyl sites for hydroxylation is 1. The molecule has 134 valence electrons. The van der Waals surface area contributed by atoms with Crippen molar-refractivity contribution >= 4 is 11.8 Å². The number of ketones is 1. The first kappa shape index (κ1) is 20.4. The van der Waals surface area contributed by atoms with Gasteiger partial charge in [-0.25, -0.2) is 0 Å². The minimum Gasteiger partial charge on any atom is -0.425 e. The monoisotopic (exact) mass is 332 g/mol. The number of hydrogen-bond donors (Lipinski definition) is 0. The molecule has 0 heterocycles. The van der Waals surface area contributed by atoms with E-state index in [0.717, 1.165) is 16.7 Å². The molecular weight excluding hydrogens is 300 g/mol. The van der Waals surface area contributed by atoms with Crippen LogP contribution in [0.25, 0.3) is 0 Å². The molecule has 0 aliphatic carbocycles. The standard InChI is InChI=1S/C21H32O3/c1-10-17(22)14(3)19(23)24-18-15(20(4,5)6)11-13(2)12-16(18)21(7,8)9/h11-12,14H,10H2,1-9H3/t14-/m1/s1. The smallest absolute Gasteiger partial charge is 0.321 e. The first-order chi connectivity index (χ1) is 10.8. The fourth-order valence-electron chi connectivity index (χ4n) is 2.62. The third kappa shape index (κ3) is 4.68. The molecule has 1 rings (SSSR count). The van der Waals surface area contributed by atoms with Gasteiger partial charge < -0.3 is 4.74 Å². The average molecular weight is 332 g/mol. The van der Waals surface area contributed by atoms with E-state index in [9.17, 15) is 9.59 Å². The maximum atomic E-state index is 12.5. The third-order valence-electron chi connectivity index (χ3n) is 4.24. The highest BCUT2D eigenvalue weighted by Crippen LogP contribution is 2.41. The van der Waals surface area contributed by atoms with Crippen LogP contribution in [-0.4, -0.2) is 11.8 Å². The van der Waals surface area contributed by atoms with Crippen molar-refractivity contribution in [3.8, 4) is 5.75 Å². The van der Waals surface area contributed by atoms with Gasteiger partial charge in [0.1, 0.15) is 17.5 Å². The van der Waals surface area contributed by atoms with Crippen LogP contribution in [0.2, 0.25) is 0 Å². The molecule has 0 saturated carbocycles. The molecule has 0 aliphatic rings. The van der Waals surface area contributed by atoms with Gasteiger partial charge in [-0.2, -0.15) is 0 Å². The van der Waals surface area contributed by atoms with E-state index < -0.39 is 11.9 Å². The van der Waals surface area contributed by atoms with Crippen molar-refractivity contribution < 1.29 is 14.3 Å². The van der Waals surface area contributed by atoms with E-state index in [4.69, 9.17) is 4.74 Å². The van der Waals surface area contributed by atoms with Crippen LogP contribution < -0.4 is 4.74 Å². The first-order valence-corrected chi connectivity index (χ1v) is 8.69. The van der Waals surface area contributed by atoms with Crippen molar-refractivity contribution in [3.05, 3.63) is 28.8 Å². The molecule has 1 aromatic carbocycles. The van der Waals surface area contributed by atoms with Gasteiger partial charge in [0, 0.05) is 17.5 Å². The van der Waals surface area contributed by atoms with E-state index in [1.165, 1.54) is 0 Å². The molecule has 0 saturated heterocycles. The number of rotatable bonds is 4. The Morgan fingerprint density at radius 1 is 1.00 bits per heavy atom. The van der Waals surface area contributed by atoms with Crippen LogP contribution in [0, 0.1) is 12.8 Å². The van der Waals surface area contributed by atoms with E-state index in [1.54, 1.807) is 13.8 Å². The molecule has 0 aliphatic heterocycles. The number of benzene rings is 1. The zero-order valence-corrected chi connectivity index (χ0v) is 16.7. The highest BCUT2D eigenvalue weighted by molar-refractivity contribution is 5.99. The predicted octanol–water partition coefficient (Wildman–Crippen LogP) is 5.11. The minimum absolute atomic E-state index is 0.0956. The molecule has 1 atom stereocenters. The van der Waals surface area contributed by atoms with Gasteiger partial charge in [-0.1, -0.05) is 66.2 Å². The van der Waals surface area contributed by atoms with Crippen LogP contribution in [0.5, 0.6) is 5.75 Å². The second kappa shape index (κ2) is 7.08. The molecule has 0 radical (unpaired) electrons. The average Bonchev–Trinajstić information content (AvgIpc) is 2.44. The maximum Gasteiger partial charge on any atom is 0.321 e. The van der Waals surface area contributed by atoms with Gasteiger partial charge in [-0.15, -0.1) is 0 Å². The molecule has 24 heavy (non-hydrogen) atoms. The van der Waals surface area contributed by atoms with Gasteiger partial charge in [-0.05, 0) is 24.7 Å². The fourth-order valence-corrected chi connectivity index (χ4v) is 2.62. The normalized spacial score (nSPS) is 13.5. The van der Waals surface area contributed by atoms with E-state index >= 15 is 0 Å². The van der Waals surface area contributed by atoms with Gasteiger partial charge in [0.15, 0.2) is 0 Å². The number of esters is 1. The van der Waals surface area contributed by atoms with E-state index in [0.29, 0.717) is 12.2 Å². The van der Waals surface area contributed by atoms with Crippen molar-refractivity contribution in [2.24, 2.45) is 5.92 Å². The van der Waals surface area contributed by atoms with E-state index in [1.807, 2.05) is 0 Å². The molecule has 0 bridgehead atoms. The molecule has 0 amide bonds. The second-order valence-corrected chi connectivity index (χ2v) is 8.65. The lowest BCUT2D eigenvalue weighted by Gasteiger charge is -2.30. The summed E-state index contributed by atoms with van der Waals surface area (Å²) < 4.78 is 5.81. The summed E-state index contributed by atoms with van der Waals surface area (Å²) in [6, 6.07) is 4.15. The van der Waals surface area contributed by atoms with Gasteiger partial charge >= 0.3 is 5.97 Å². The van der Waals surface area contributed by atoms with E-state index in [2.05, 4.69) is 60.6 Å². The molecule has 0 fully saturated rings. The summed E-state index contributed by atoms with van der Waals surface area (Å²) >= 11 is 0. The Hall–Kier alpha value is -1.64. The summed E-state index contributed by atoms with van der Waals surface area (Å²) in [5.41, 5.74) is 2.80. The highest BCUT2D eigenvalue weighted by atomic mass is 16.5. The molecule has 3 heteroatoms. The summed E-state index contributed by atoms with van der Waals surface area (Å²) in [6.07, 6.45) is 0.336. The van der Waals surface area contributed by atoms with Crippen LogP contribution in [0.4, 0.5) is 0 Å². The summed E-state index contributed by atoms with van der Waals surface area (Å²) in [6.45, 7) is 18.1. The lowest BCUT2D eigenvalue weighted by atomic mass is 9.78. The van der Waals surface area contributed by atoms with Gasteiger partial charge in [0.05, 0.1) is 0 Å². The number of carbonyl (C=O) groups is 2. The molecule has 3 nitrogen and oxygen atoms in total. The summed E-state index contributed by atoms with van der Waals surface area (Å²) in [5.74, 6) is -0.693. The number of Topliss-reactive ketones (excluding diaryl/α,β-unsaturated/α-hetero) is 1. The molecular formula is C21H32O3. The molecule has 0 aromatic heterocycles. The Morgan fingerprint density at radius 2 is 1.42 bits per heavy atom. The topological polar surface area (TPSA) is 43.4 Å². The Bertz CT molecular complexity index is 592. The zero-order chi connectivity index (χ0) is 18.9. The molecule has 0 spiro atoms. The predicted molar refractivity (Wildman–Crippen MR) is 98.7 cm³/mol. The Balaban J connectivity index is 3.49. The number of hydrogen-bond acceptors (Lipinski definition) is 3. The van der Waals surface area contributed by atoms with Crippen LogP contribution in [-0.2, 0) is 20.4 Å². The third-order valence-corrected chi connectivity index (χ3v) is 4.24. The van der Waals surface area contributed by atoms with Gasteiger partial charge in [-0.3, -0.25) is 9.59 Å². The Kier molecular flexibility index (Phi) is 6.02. The van der Waals surface area contributed by atoms with E-state index in [-0.39, 0.29) is 16.6 Å². The lowest BCUT2D eigenvalue weighted by Crippen LogP contribution is -2.28. The fraction of sp³-hybridized carbons (Fsp3) is 0.619. The summed E-state index contributed by atoms with van der Waals surface area (Å²) in [7, 11) is 0. The van der Waals surface area contributed by atoms with Crippen molar-refractivity contribution in [1.82, 2.24) is 0 Å². The molecule has 0 unspecified atom stereocenters. The maximum absolute atomic E-state index is 12.5. The first-order valence-electron chi connectivity index (χ1n) is 8.69. The Labute approximate surface area is 146 Å². The van der Waals surface area contributed by atoms with Crippen LogP contribution in [0.3, 0.4) is 0 Å². The lowest BCUT2D eigenvalue weighted by molar-refractivity contribution is -0.143. The molecule has 0 N–H and O–H groups in total. The van der Waals surface area contributed by atoms with Crippen LogP contribution >= 0.6 is 0 Å². The van der Waals surface area contributed by atoms with Crippen LogP contribution in [0.15, 0.2) is 12.1 Å². The van der Waals surface area contributed by atoms with Crippen molar-refractivity contribution in [1.29, 1.82) is 0 Å².